The van der Waals surface area contributed by atoms with Crippen molar-refractivity contribution in [3.8, 4) is 6.07 Å². The van der Waals surface area contributed by atoms with Gasteiger partial charge in [0.2, 0.25) is 0 Å². The van der Waals surface area contributed by atoms with Gasteiger partial charge in [-0.3, -0.25) is 0 Å². The maximum absolute atomic E-state index is 9.37. The Kier molecular flexibility index (Phi) is 1.83. The molecular formula is C13H18N2. The summed E-state index contributed by atoms with van der Waals surface area (Å²) < 4.78 is 0. The molecule has 0 radical (unpaired) electrons. The molecule has 1 aromatic heterocycles. The lowest BCUT2D eigenvalue weighted by Crippen LogP contribution is -2.21. The Bertz CT molecular complexity index is 460. The van der Waals surface area contributed by atoms with Crippen molar-refractivity contribution < 1.29 is 0 Å². The van der Waals surface area contributed by atoms with Gasteiger partial charge in [0, 0.05) is 11.4 Å². The number of nitriles is 1. The molecule has 0 saturated carbocycles. The maximum atomic E-state index is 9.37. The fourth-order valence-corrected chi connectivity index (χ4v) is 3.47. The van der Waals surface area contributed by atoms with Gasteiger partial charge < -0.3 is 4.98 Å². The molecule has 0 aromatic carbocycles. The third-order valence-corrected chi connectivity index (χ3v) is 3.65. The van der Waals surface area contributed by atoms with Crippen molar-refractivity contribution >= 4 is 0 Å². The minimum atomic E-state index is -0.312. The van der Waals surface area contributed by atoms with Gasteiger partial charge in [-0.05, 0) is 43.7 Å². The van der Waals surface area contributed by atoms with Gasteiger partial charge in [0.15, 0.2) is 0 Å². The normalized spacial score (nSPS) is 27.5. The summed E-state index contributed by atoms with van der Waals surface area (Å²) in [5.41, 5.74) is 4.81. The number of hydrogen-bond donors (Lipinski definition) is 1. The highest BCUT2D eigenvalue weighted by atomic mass is 14.8. The first kappa shape index (κ1) is 10.3. The lowest BCUT2D eigenvalue weighted by Gasteiger charge is -2.22. The monoisotopic (exact) mass is 202 g/mol. The predicted molar refractivity (Wildman–Crippen MR) is 60.9 cm³/mol. The topological polar surface area (TPSA) is 39.6 Å². The highest BCUT2D eigenvalue weighted by Crippen LogP contribution is 2.51. The van der Waals surface area contributed by atoms with Crippen molar-refractivity contribution in [3.63, 3.8) is 0 Å². The fourth-order valence-electron chi connectivity index (χ4n) is 3.47. The van der Waals surface area contributed by atoms with E-state index in [2.05, 4.69) is 45.7 Å². The van der Waals surface area contributed by atoms with Crippen molar-refractivity contribution in [3.05, 3.63) is 22.5 Å². The van der Waals surface area contributed by atoms with Gasteiger partial charge in [0.25, 0.3) is 0 Å². The molecule has 0 saturated heterocycles. The van der Waals surface area contributed by atoms with E-state index in [9.17, 15) is 5.26 Å². The number of nitrogens with one attached hydrogen (secondary N) is 1. The number of hydrogen-bond acceptors (Lipinski definition) is 1. The zero-order valence-electron chi connectivity index (χ0n) is 10.2. The first-order chi connectivity index (χ1) is 6.82. The van der Waals surface area contributed by atoms with Crippen LogP contribution in [0.15, 0.2) is 0 Å². The van der Waals surface area contributed by atoms with Crippen LogP contribution in [0.4, 0.5) is 0 Å². The molecule has 2 nitrogen and oxygen atoms in total. The van der Waals surface area contributed by atoms with Crippen LogP contribution in [-0.2, 0) is 10.8 Å². The third-order valence-electron chi connectivity index (χ3n) is 3.65. The number of aromatic nitrogens is 1. The van der Waals surface area contributed by atoms with Crippen LogP contribution in [0.1, 0.15) is 49.7 Å². The van der Waals surface area contributed by atoms with E-state index in [0.29, 0.717) is 0 Å². The molecule has 0 fully saturated rings. The molecule has 1 unspecified atom stereocenters. The Morgan fingerprint density at radius 1 is 1.13 bits per heavy atom. The van der Waals surface area contributed by atoms with Gasteiger partial charge in [-0.2, -0.15) is 5.26 Å². The Balaban J connectivity index is 2.78. The highest BCUT2D eigenvalue weighted by Gasteiger charge is 2.48. The van der Waals surface area contributed by atoms with E-state index < -0.39 is 0 Å². The summed E-state index contributed by atoms with van der Waals surface area (Å²) in [4.78, 5) is 3.37. The van der Waals surface area contributed by atoms with E-state index in [1.807, 2.05) is 0 Å². The molecule has 2 rings (SSSR count). The Hall–Kier alpha value is -1.23. The number of nitrogens with zero attached hydrogens (tertiary/aromatic N) is 1. The number of aromatic amines is 1. The fraction of sp³-hybridized carbons (Fsp3) is 0.615. The molecule has 1 N–H and O–H groups in total. The van der Waals surface area contributed by atoms with E-state index in [-0.39, 0.29) is 10.8 Å². The predicted octanol–water partition coefficient (Wildman–Crippen LogP) is 3.09. The van der Waals surface area contributed by atoms with Crippen LogP contribution in [0, 0.1) is 25.2 Å². The van der Waals surface area contributed by atoms with Crippen LogP contribution in [0.2, 0.25) is 0 Å². The average Bonchev–Trinajstić information content (AvgIpc) is 2.51. The first-order valence-corrected chi connectivity index (χ1v) is 5.43. The molecule has 2 heteroatoms. The molecule has 15 heavy (non-hydrogen) atoms. The van der Waals surface area contributed by atoms with Crippen LogP contribution in [0.25, 0.3) is 0 Å². The minimum Gasteiger partial charge on any atom is -0.362 e. The third kappa shape index (κ3) is 1.16. The second-order valence-electron chi connectivity index (χ2n) is 5.63. The summed E-state index contributed by atoms with van der Waals surface area (Å²) in [5.74, 6) is 0. The number of fused-ring (bicyclic) bond motifs is 1. The molecule has 1 atom stereocenters. The zero-order chi connectivity index (χ0) is 11.4. The second kappa shape index (κ2) is 2.66. The van der Waals surface area contributed by atoms with Gasteiger partial charge in [-0.25, -0.2) is 0 Å². The van der Waals surface area contributed by atoms with Gasteiger partial charge in [0.05, 0.1) is 11.5 Å². The summed E-state index contributed by atoms with van der Waals surface area (Å²) in [6.45, 7) is 10.7. The van der Waals surface area contributed by atoms with E-state index in [0.717, 1.165) is 12.1 Å². The number of aryl methyl sites for hydroxylation is 2. The largest absolute Gasteiger partial charge is 0.362 e. The SMILES string of the molecule is Cc1[nH]c(C)c2c1C(C)(C)CC2(C)C#N. The second-order valence-corrected chi connectivity index (χ2v) is 5.63. The van der Waals surface area contributed by atoms with Crippen molar-refractivity contribution in [2.45, 2.75) is 51.9 Å². The Morgan fingerprint density at radius 3 is 2.20 bits per heavy atom. The van der Waals surface area contributed by atoms with Crippen LogP contribution >= 0.6 is 0 Å². The summed E-state index contributed by atoms with van der Waals surface area (Å²) >= 11 is 0. The maximum Gasteiger partial charge on any atom is 0.0822 e. The average molecular weight is 202 g/mol. The van der Waals surface area contributed by atoms with E-state index in [4.69, 9.17) is 0 Å². The lowest BCUT2D eigenvalue weighted by molar-refractivity contribution is 0.436. The number of H-pyrrole nitrogens is 1. The minimum absolute atomic E-state index is 0.120. The van der Waals surface area contributed by atoms with E-state index in [1.54, 1.807) is 0 Å². The van der Waals surface area contributed by atoms with E-state index >= 15 is 0 Å². The van der Waals surface area contributed by atoms with Crippen LogP contribution < -0.4 is 0 Å². The lowest BCUT2D eigenvalue weighted by atomic mass is 9.80. The molecule has 0 aliphatic heterocycles. The number of rotatable bonds is 0. The summed E-state index contributed by atoms with van der Waals surface area (Å²) in [7, 11) is 0. The summed E-state index contributed by atoms with van der Waals surface area (Å²) in [6, 6.07) is 2.49. The van der Waals surface area contributed by atoms with Crippen molar-refractivity contribution in [1.82, 2.24) is 4.98 Å². The standard InChI is InChI=1S/C13H18N2/c1-8-10-11(9(2)15-8)13(5,7-14)6-12(10,3)4/h15H,6H2,1-5H3. The molecule has 1 aliphatic carbocycles. The molecule has 1 aliphatic rings. The van der Waals surface area contributed by atoms with Crippen LogP contribution in [-0.4, -0.2) is 4.98 Å². The van der Waals surface area contributed by atoms with E-state index in [1.165, 1.54) is 16.8 Å². The molecular weight excluding hydrogens is 184 g/mol. The molecule has 0 spiro atoms. The van der Waals surface area contributed by atoms with Crippen molar-refractivity contribution in [2.24, 2.45) is 0 Å². The van der Waals surface area contributed by atoms with Gasteiger partial charge in [-0.1, -0.05) is 13.8 Å². The highest BCUT2D eigenvalue weighted by molar-refractivity contribution is 5.54. The smallest absolute Gasteiger partial charge is 0.0822 e. The Labute approximate surface area is 91.3 Å². The summed E-state index contributed by atoms with van der Waals surface area (Å²) in [5, 5.41) is 9.37. The summed E-state index contributed by atoms with van der Waals surface area (Å²) in [6.07, 6.45) is 0.928. The van der Waals surface area contributed by atoms with Gasteiger partial charge >= 0.3 is 0 Å². The molecule has 80 valence electrons. The van der Waals surface area contributed by atoms with Crippen LogP contribution in [0.3, 0.4) is 0 Å². The van der Waals surface area contributed by atoms with Crippen molar-refractivity contribution in [2.75, 3.05) is 0 Å². The van der Waals surface area contributed by atoms with Gasteiger partial charge in [0.1, 0.15) is 0 Å². The molecule has 0 amide bonds. The molecule has 1 heterocycles. The zero-order valence-corrected chi connectivity index (χ0v) is 10.2. The van der Waals surface area contributed by atoms with Crippen LogP contribution in [0.5, 0.6) is 0 Å². The molecule has 1 aromatic rings. The quantitative estimate of drug-likeness (QED) is 0.690. The molecule has 0 bridgehead atoms. The Morgan fingerprint density at radius 2 is 1.67 bits per heavy atom. The first-order valence-electron chi connectivity index (χ1n) is 5.43. The van der Waals surface area contributed by atoms with Crippen molar-refractivity contribution in [1.29, 1.82) is 5.26 Å². The van der Waals surface area contributed by atoms with Gasteiger partial charge in [-0.15, -0.1) is 0 Å².